The molecule has 1 heterocycles. The highest BCUT2D eigenvalue weighted by atomic mass is 32.2. The van der Waals surface area contributed by atoms with Gasteiger partial charge in [0.2, 0.25) is 0 Å². The van der Waals surface area contributed by atoms with Crippen LogP contribution >= 0.6 is 25.3 Å². The van der Waals surface area contributed by atoms with Crippen LogP contribution in [0.5, 0.6) is 0 Å². The number of fused-ring (bicyclic) bond motifs is 1. The molecule has 0 fully saturated rings. The summed E-state index contributed by atoms with van der Waals surface area (Å²) in [6.07, 6.45) is 0. The number of nitrogens with zero attached hydrogens (tertiary/aromatic N) is 4. The van der Waals surface area contributed by atoms with Crippen molar-refractivity contribution in [3.8, 4) is 0 Å². The van der Waals surface area contributed by atoms with Crippen molar-refractivity contribution >= 4 is 46.6 Å². The van der Waals surface area contributed by atoms with Crippen LogP contribution in [-0.4, -0.2) is 19.6 Å². The maximum absolute atomic E-state index is 4.16. The van der Waals surface area contributed by atoms with E-state index in [-0.39, 0.29) is 5.95 Å². The number of para-hydroxylation sites is 1. The molecule has 1 aromatic heterocycles. The topological polar surface area (TPSA) is 51.0 Å². The zero-order valence-electron chi connectivity index (χ0n) is 6.99. The van der Waals surface area contributed by atoms with E-state index in [0.717, 1.165) is 11.0 Å². The van der Waals surface area contributed by atoms with Crippen LogP contribution in [0.4, 0.5) is 5.95 Å². The maximum Gasteiger partial charge on any atom is 0.271 e. The van der Waals surface area contributed by atoms with Crippen molar-refractivity contribution in [2.75, 3.05) is 0 Å². The number of aromatic nitrogens is 3. The van der Waals surface area contributed by atoms with Crippen LogP contribution in [0.3, 0.4) is 0 Å². The summed E-state index contributed by atoms with van der Waals surface area (Å²) < 4.78 is 0.307. The summed E-state index contributed by atoms with van der Waals surface area (Å²) in [5.41, 5.74) is 1.50. The Hall–Kier alpha value is -1.14. The van der Waals surface area contributed by atoms with Gasteiger partial charge in [-0.25, -0.2) is 4.98 Å². The van der Waals surface area contributed by atoms with Crippen molar-refractivity contribution in [1.82, 2.24) is 15.2 Å². The Balaban J connectivity index is 2.57. The lowest BCUT2D eigenvalue weighted by molar-refractivity contribution is 1.01. The van der Waals surface area contributed by atoms with Crippen LogP contribution in [0, 0.1) is 0 Å². The Morgan fingerprint density at radius 3 is 2.50 bits per heavy atom. The zero-order valence-corrected chi connectivity index (χ0v) is 8.78. The highest BCUT2D eigenvalue weighted by molar-refractivity contribution is 8.23. The van der Waals surface area contributed by atoms with Crippen molar-refractivity contribution in [2.45, 2.75) is 0 Å². The number of rotatable bonds is 1. The minimum atomic E-state index is 0.267. The smallest absolute Gasteiger partial charge is 0.208 e. The van der Waals surface area contributed by atoms with E-state index in [1.165, 1.54) is 0 Å². The summed E-state index contributed by atoms with van der Waals surface area (Å²) in [6.45, 7) is 0. The van der Waals surface area contributed by atoms with Crippen LogP contribution in [0.1, 0.15) is 0 Å². The van der Waals surface area contributed by atoms with Crippen molar-refractivity contribution in [3.63, 3.8) is 0 Å². The van der Waals surface area contributed by atoms with Gasteiger partial charge in [0, 0.05) is 0 Å². The lowest BCUT2D eigenvalue weighted by Crippen LogP contribution is -1.88. The Morgan fingerprint density at radius 1 is 1.07 bits per heavy atom. The van der Waals surface area contributed by atoms with Crippen LogP contribution < -0.4 is 0 Å². The molecule has 0 amide bonds. The number of hydrogen-bond donors (Lipinski definition) is 2. The molecule has 0 aliphatic heterocycles. The predicted octanol–water partition coefficient (Wildman–Crippen LogP) is 1.87. The molecule has 6 heteroatoms. The minimum Gasteiger partial charge on any atom is -0.208 e. The van der Waals surface area contributed by atoms with Gasteiger partial charge in [-0.05, 0) is 12.1 Å². The Kier molecular flexibility index (Phi) is 2.64. The van der Waals surface area contributed by atoms with Crippen molar-refractivity contribution < 1.29 is 0 Å². The molecule has 0 spiro atoms. The normalized spacial score (nSPS) is 10.1. The molecule has 0 unspecified atom stereocenters. The van der Waals surface area contributed by atoms with E-state index in [0.29, 0.717) is 4.38 Å². The number of benzene rings is 1. The van der Waals surface area contributed by atoms with Gasteiger partial charge >= 0.3 is 0 Å². The molecule has 0 atom stereocenters. The van der Waals surface area contributed by atoms with E-state index in [9.17, 15) is 0 Å². The first-order valence-corrected chi connectivity index (χ1v) is 4.71. The Labute approximate surface area is 91.3 Å². The van der Waals surface area contributed by atoms with Crippen molar-refractivity contribution in [3.05, 3.63) is 24.3 Å². The molecule has 0 radical (unpaired) electrons. The number of aliphatic imine (C=N–C) groups is 1. The summed E-state index contributed by atoms with van der Waals surface area (Å²) in [6, 6.07) is 7.45. The molecular formula is C8H6N4S2. The van der Waals surface area contributed by atoms with Gasteiger partial charge in [-0.2, -0.15) is 4.99 Å². The fourth-order valence-corrected chi connectivity index (χ4v) is 1.19. The molecule has 1 aromatic carbocycles. The van der Waals surface area contributed by atoms with Crippen molar-refractivity contribution in [1.29, 1.82) is 0 Å². The fourth-order valence-electron chi connectivity index (χ4n) is 1.01. The summed E-state index contributed by atoms with van der Waals surface area (Å²) in [5, 5.41) is 7.75. The van der Waals surface area contributed by atoms with Gasteiger partial charge < -0.3 is 0 Å². The standard InChI is InChI=1S/C8H6N4S2/c13-8(14)10-7-9-5-3-1-2-4-6(5)11-12-7/h1-4H,(H2,9,10,12,13,14). The molecule has 2 rings (SSSR count). The fraction of sp³-hybridized carbons (Fsp3) is 0. The van der Waals surface area contributed by atoms with Crippen LogP contribution in [0.15, 0.2) is 29.3 Å². The molecule has 14 heavy (non-hydrogen) atoms. The predicted molar refractivity (Wildman–Crippen MR) is 62.4 cm³/mol. The molecule has 0 saturated heterocycles. The summed E-state index contributed by atoms with van der Waals surface area (Å²) >= 11 is 7.82. The molecule has 0 bridgehead atoms. The monoisotopic (exact) mass is 222 g/mol. The summed E-state index contributed by atoms with van der Waals surface area (Å²) in [4.78, 5) is 8.03. The van der Waals surface area contributed by atoms with E-state index in [2.05, 4.69) is 45.4 Å². The second kappa shape index (κ2) is 3.93. The zero-order chi connectivity index (χ0) is 9.97. The van der Waals surface area contributed by atoms with E-state index < -0.39 is 0 Å². The van der Waals surface area contributed by atoms with Gasteiger partial charge in [0.1, 0.15) is 9.89 Å². The first kappa shape index (κ1) is 9.42. The molecule has 0 aliphatic carbocycles. The third-order valence-electron chi connectivity index (χ3n) is 1.55. The molecule has 0 aliphatic rings. The van der Waals surface area contributed by atoms with E-state index in [1.807, 2.05) is 24.3 Å². The quantitative estimate of drug-likeness (QED) is 0.440. The van der Waals surface area contributed by atoms with Gasteiger partial charge in [-0.1, -0.05) is 12.1 Å². The summed E-state index contributed by atoms with van der Waals surface area (Å²) in [7, 11) is 0. The number of thiol groups is 2. The molecule has 0 N–H and O–H groups in total. The lowest BCUT2D eigenvalue weighted by Gasteiger charge is -1.95. The largest absolute Gasteiger partial charge is 0.271 e. The second-order valence-corrected chi connectivity index (χ2v) is 3.71. The third kappa shape index (κ3) is 2.02. The van der Waals surface area contributed by atoms with Crippen LogP contribution in [0.25, 0.3) is 11.0 Å². The first-order chi connectivity index (χ1) is 6.75. The average molecular weight is 222 g/mol. The Bertz CT molecular complexity index is 493. The van der Waals surface area contributed by atoms with Gasteiger partial charge in [0.05, 0.1) is 5.52 Å². The Morgan fingerprint density at radius 2 is 1.79 bits per heavy atom. The highest BCUT2D eigenvalue weighted by Crippen LogP contribution is 2.11. The highest BCUT2D eigenvalue weighted by Gasteiger charge is 1.98. The van der Waals surface area contributed by atoms with E-state index >= 15 is 0 Å². The second-order valence-electron chi connectivity index (χ2n) is 2.51. The lowest BCUT2D eigenvalue weighted by atomic mass is 10.3. The van der Waals surface area contributed by atoms with Crippen LogP contribution in [0.2, 0.25) is 0 Å². The first-order valence-electron chi connectivity index (χ1n) is 3.82. The number of hydrogen-bond acceptors (Lipinski definition) is 4. The van der Waals surface area contributed by atoms with Crippen molar-refractivity contribution in [2.24, 2.45) is 4.99 Å². The van der Waals surface area contributed by atoms with Gasteiger partial charge in [0.25, 0.3) is 5.95 Å². The van der Waals surface area contributed by atoms with E-state index in [4.69, 9.17) is 0 Å². The van der Waals surface area contributed by atoms with Gasteiger partial charge in [-0.3, -0.25) is 0 Å². The third-order valence-corrected chi connectivity index (χ3v) is 1.75. The maximum atomic E-state index is 4.16. The van der Waals surface area contributed by atoms with Gasteiger partial charge in [-0.15, -0.1) is 35.5 Å². The average Bonchev–Trinajstić information content (AvgIpc) is 2.17. The minimum absolute atomic E-state index is 0.267. The molecular weight excluding hydrogens is 216 g/mol. The molecule has 70 valence electrons. The van der Waals surface area contributed by atoms with Crippen LogP contribution in [-0.2, 0) is 0 Å². The molecule has 4 nitrogen and oxygen atoms in total. The molecule has 0 saturated carbocycles. The van der Waals surface area contributed by atoms with Gasteiger partial charge in [0.15, 0.2) is 0 Å². The van der Waals surface area contributed by atoms with E-state index in [1.54, 1.807) is 0 Å². The molecule has 2 aromatic rings. The summed E-state index contributed by atoms with van der Waals surface area (Å²) in [5.74, 6) is 0.267. The SMILES string of the molecule is SC(S)=Nc1nnc2ccccc2n1.